The normalized spacial score (nSPS) is 10.4. The summed E-state index contributed by atoms with van der Waals surface area (Å²) in [7, 11) is 0. The predicted octanol–water partition coefficient (Wildman–Crippen LogP) is 2.99. The molecule has 0 amide bonds. The van der Waals surface area contributed by atoms with Crippen LogP contribution in [0.3, 0.4) is 0 Å². The van der Waals surface area contributed by atoms with Crippen LogP contribution in [0.15, 0.2) is 33.8 Å². The highest BCUT2D eigenvalue weighted by Gasteiger charge is 2.12. The molecule has 0 unspecified atom stereocenters. The summed E-state index contributed by atoms with van der Waals surface area (Å²) >= 11 is 8.84. The van der Waals surface area contributed by atoms with Gasteiger partial charge in [-0.1, -0.05) is 11.6 Å². The van der Waals surface area contributed by atoms with Gasteiger partial charge in [-0.25, -0.2) is 9.37 Å². The van der Waals surface area contributed by atoms with E-state index in [-0.39, 0.29) is 21.8 Å². The first kappa shape index (κ1) is 11.3. The summed E-state index contributed by atoms with van der Waals surface area (Å²) in [5, 5.41) is -0.0282. The number of nitrogens with one attached hydrogen (secondary N) is 1. The van der Waals surface area contributed by atoms with Gasteiger partial charge in [-0.2, -0.15) is 0 Å². The zero-order valence-corrected chi connectivity index (χ0v) is 10.1. The Morgan fingerprint density at radius 3 is 2.88 bits per heavy atom. The largest absolute Gasteiger partial charge is 0.313 e. The molecule has 3 nitrogen and oxygen atoms in total. The molecule has 2 rings (SSSR count). The molecule has 2 aromatic rings. The molecular weight excluding hydrogens is 298 g/mol. The minimum Gasteiger partial charge on any atom is -0.313 e. The third-order valence-electron chi connectivity index (χ3n) is 1.99. The summed E-state index contributed by atoms with van der Waals surface area (Å²) < 4.78 is 14.2. The van der Waals surface area contributed by atoms with Crippen LogP contribution in [0.1, 0.15) is 0 Å². The van der Waals surface area contributed by atoms with Crippen molar-refractivity contribution in [2.75, 3.05) is 0 Å². The summed E-state index contributed by atoms with van der Waals surface area (Å²) in [4.78, 5) is 17.3. The van der Waals surface area contributed by atoms with Gasteiger partial charge in [0.05, 0.1) is 17.0 Å². The quantitative estimate of drug-likeness (QED) is 0.823. The molecule has 0 bridgehead atoms. The average Bonchev–Trinajstić information content (AvgIpc) is 2.26. The molecule has 16 heavy (non-hydrogen) atoms. The van der Waals surface area contributed by atoms with Crippen molar-refractivity contribution in [2.45, 2.75) is 0 Å². The first-order chi connectivity index (χ1) is 7.59. The van der Waals surface area contributed by atoms with Crippen LogP contribution in [0.25, 0.3) is 11.3 Å². The zero-order chi connectivity index (χ0) is 11.7. The van der Waals surface area contributed by atoms with Crippen molar-refractivity contribution in [3.8, 4) is 11.3 Å². The van der Waals surface area contributed by atoms with Gasteiger partial charge in [0.15, 0.2) is 5.82 Å². The fraction of sp³-hybridized carbons (Fsp3) is 0. The van der Waals surface area contributed by atoms with Crippen LogP contribution < -0.4 is 5.56 Å². The van der Waals surface area contributed by atoms with E-state index in [0.29, 0.717) is 4.47 Å². The van der Waals surface area contributed by atoms with Gasteiger partial charge in [0.2, 0.25) is 0 Å². The first-order valence-electron chi connectivity index (χ1n) is 4.28. The van der Waals surface area contributed by atoms with Crippen molar-refractivity contribution in [3.05, 3.63) is 50.2 Å². The van der Waals surface area contributed by atoms with Gasteiger partial charge in [-0.3, -0.25) is 4.79 Å². The Labute approximate surface area is 103 Å². The van der Waals surface area contributed by atoms with Crippen LogP contribution in [-0.2, 0) is 0 Å². The molecule has 1 heterocycles. The highest BCUT2D eigenvalue weighted by molar-refractivity contribution is 9.10. The number of rotatable bonds is 1. The molecule has 0 atom stereocenters. The Morgan fingerprint density at radius 2 is 2.19 bits per heavy atom. The summed E-state index contributed by atoms with van der Waals surface area (Å²) in [6.07, 6.45) is 1.22. The van der Waals surface area contributed by atoms with E-state index >= 15 is 0 Å². The standard InChI is InChI=1S/C10H5BrClFN2O/c11-6-2-1-5(10(13)9(6)12)7-3-8(16)15-4-14-7/h1-4H,(H,14,15,16). The Kier molecular flexibility index (Phi) is 3.07. The maximum Gasteiger partial charge on any atom is 0.251 e. The monoisotopic (exact) mass is 302 g/mol. The van der Waals surface area contributed by atoms with Crippen LogP contribution in [0.2, 0.25) is 5.02 Å². The van der Waals surface area contributed by atoms with Crippen LogP contribution in [0.4, 0.5) is 4.39 Å². The second kappa shape index (κ2) is 4.35. The van der Waals surface area contributed by atoms with Gasteiger partial charge in [0, 0.05) is 16.1 Å². The van der Waals surface area contributed by atoms with E-state index in [9.17, 15) is 9.18 Å². The fourth-order valence-electron chi connectivity index (χ4n) is 1.24. The van der Waals surface area contributed by atoms with Gasteiger partial charge in [-0.15, -0.1) is 0 Å². The molecule has 0 aliphatic heterocycles. The van der Waals surface area contributed by atoms with E-state index in [1.807, 2.05) is 0 Å². The average molecular weight is 304 g/mol. The van der Waals surface area contributed by atoms with Crippen molar-refractivity contribution in [3.63, 3.8) is 0 Å². The lowest BCUT2D eigenvalue weighted by Gasteiger charge is -2.04. The number of aromatic nitrogens is 2. The predicted molar refractivity (Wildman–Crippen MR) is 63.0 cm³/mol. The Bertz CT molecular complexity index is 600. The molecule has 0 fully saturated rings. The zero-order valence-electron chi connectivity index (χ0n) is 7.80. The third-order valence-corrected chi connectivity index (χ3v) is 3.25. The van der Waals surface area contributed by atoms with E-state index < -0.39 is 5.82 Å². The number of benzene rings is 1. The molecule has 82 valence electrons. The molecule has 0 saturated carbocycles. The molecule has 0 spiro atoms. The van der Waals surface area contributed by atoms with Gasteiger partial charge in [0.25, 0.3) is 5.56 Å². The molecule has 0 saturated heterocycles. The molecule has 1 N–H and O–H groups in total. The molecular formula is C10H5BrClFN2O. The molecule has 0 aliphatic rings. The highest BCUT2D eigenvalue weighted by atomic mass is 79.9. The van der Waals surface area contributed by atoms with Crippen LogP contribution in [-0.4, -0.2) is 9.97 Å². The summed E-state index contributed by atoms with van der Waals surface area (Å²) in [5.74, 6) is -0.603. The maximum atomic E-state index is 13.8. The van der Waals surface area contributed by atoms with Crippen molar-refractivity contribution in [2.24, 2.45) is 0 Å². The Hall–Kier alpha value is -1.20. The molecule has 0 radical (unpaired) electrons. The lowest BCUT2D eigenvalue weighted by molar-refractivity contribution is 0.630. The van der Waals surface area contributed by atoms with Crippen LogP contribution >= 0.6 is 27.5 Å². The maximum absolute atomic E-state index is 13.8. The van der Waals surface area contributed by atoms with E-state index in [0.717, 1.165) is 0 Å². The lowest BCUT2D eigenvalue weighted by Crippen LogP contribution is -2.05. The Morgan fingerprint density at radius 1 is 1.44 bits per heavy atom. The van der Waals surface area contributed by atoms with Gasteiger partial charge < -0.3 is 4.98 Å². The number of hydrogen-bond acceptors (Lipinski definition) is 2. The van der Waals surface area contributed by atoms with E-state index in [1.54, 1.807) is 6.07 Å². The summed E-state index contributed by atoms with van der Waals surface area (Å²) in [5.41, 5.74) is 0.0957. The second-order valence-corrected chi connectivity index (χ2v) is 4.25. The number of hydrogen-bond donors (Lipinski definition) is 1. The van der Waals surface area contributed by atoms with E-state index in [1.165, 1.54) is 18.5 Å². The third kappa shape index (κ3) is 2.01. The molecule has 1 aromatic heterocycles. The Balaban J connectivity index is 2.66. The minimum absolute atomic E-state index is 0.0282. The molecule has 0 aliphatic carbocycles. The van der Waals surface area contributed by atoms with E-state index in [4.69, 9.17) is 11.6 Å². The fourth-order valence-corrected chi connectivity index (χ4v) is 1.71. The minimum atomic E-state index is -0.603. The number of halogens is 3. The van der Waals surface area contributed by atoms with Gasteiger partial charge in [0.1, 0.15) is 0 Å². The van der Waals surface area contributed by atoms with Crippen LogP contribution in [0.5, 0.6) is 0 Å². The summed E-state index contributed by atoms with van der Waals surface area (Å²) in [6.45, 7) is 0. The highest BCUT2D eigenvalue weighted by Crippen LogP contribution is 2.31. The number of H-pyrrole nitrogens is 1. The SMILES string of the molecule is O=c1cc(-c2ccc(Br)c(Cl)c2F)nc[nH]1. The number of aromatic amines is 1. The van der Waals surface area contributed by atoms with Crippen molar-refractivity contribution < 1.29 is 4.39 Å². The van der Waals surface area contributed by atoms with Crippen LogP contribution in [0, 0.1) is 5.82 Å². The number of nitrogens with zero attached hydrogens (tertiary/aromatic N) is 1. The smallest absolute Gasteiger partial charge is 0.251 e. The second-order valence-electron chi connectivity index (χ2n) is 3.02. The molecule has 1 aromatic carbocycles. The van der Waals surface area contributed by atoms with Crippen molar-refractivity contribution >= 4 is 27.5 Å². The first-order valence-corrected chi connectivity index (χ1v) is 5.45. The lowest BCUT2D eigenvalue weighted by atomic mass is 10.1. The van der Waals surface area contributed by atoms with Crippen molar-refractivity contribution in [1.29, 1.82) is 0 Å². The summed E-state index contributed by atoms with van der Waals surface area (Å²) in [6, 6.07) is 4.32. The topological polar surface area (TPSA) is 45.8 Å². The van der Waals surface area contributed by atoms with E-state index in [2.05, 4.69) is 25.9 Å². The van der Waals surface area contributed by atoms with Gasteiger partial charge in [-0.05, 0) is 28.1 Å². The molecule has 6 heteroatoms. The van der Waals surface area contributed by atoms with Crippen molar-refractivity contribution in [1.82, 2.24) is 9.97 Å². The van der Waals surface area contributed by atoms with Gasteiger partial charge >= 0.3 is 0 Å².